The molecule has 212 valence electrons. The van der Waals surface area contributed by atoms with Crippen molar-refractivity contribution in [2.45, 2.75) is 120 Å². The van der Waals surface area contributed by atoms with Crippen LogP contribution in [0.15, 0.2) is 11.6 Å². The van der Waals surface area contributed by atoms with E-state index in [0.29, 0.717) is 45.1 Å². The first-order valence-electron chi connectivity index (χ1n) is 14.4. The Hall–Kier alpha value is -1.36. The van der Waals surface area contributed by atoms with Crippen LogP contribution in [0, 0.1) is 28.6 Å². The smallest absolute Gasteiger partial charge is 0.331 e. The molecule has 9 heteroatoms. The lowest BCUT2D eigenvalue weighted by Crippen LogP contribution is -2.69. The van der Waals surface area contributed by atoms with Gasteiger partial charge in [-0.2, -0.15) is 0 Å². The molecule has 0 amide bonds. The van der Waals surface area contributed by atoms with Gasteiger partial charge in [-0.3, -0.25) is 0 Å². The summed E-state index contributed by atoms with van der Waals surface area (Å²) in [7, 11) is 0. The Morgan fingerprint density at radius 2 is 1.82 bits per heavy atom. The zero-order valence-electron chi connectivity index (χ0n) is 22.4. The van der Waals surface area contributed by atoms with Crippen molar-refractivity contribution in [3.05, 3.63) is 11.6 Å². The van der Waals surface area contributed by atoms with E-state index in [4.69, 9.17) is 14.2 Å². The van der Waals surface area contributed by atoms with Gasteiger partial charge in [0, 0.05) is 24.3 Å². The molecule has 2 aliphatic heterocycles. The number of ether oxygens (including phenoxy) is 3. The van der Waals surface area contributed by atoms with E-state index < -0.39 is 46.6 Å². The quantitative estimate of drug-likeness (QED) is 0.241. The highest BCUT2D eigenvalue weighted by Crippen LogP contribution is 2.70. The lowest BCUT2D eigenvalue weighted by Gasteiger charge is -2.65. The fourth-order valence-corrected chi connectivity index (χ4v) is 9.76. The normalized spacial score (nSPS) is 54.4. The van der Waals surface area contributed by atoms with E-state index in [2.05, 4.69) is 6.92 Å². The van der Waals surface area contributed by atoms with Crippen molar-refractivity contribution in [1.82, 2.24) is 0 Å². The molecule has 0 aromatic rings. The summed E-state index contributed by atoms with van der Waals surface area (Å²) < 4.78 is 17.1. The van der Waals surface area contributed by atoms with Crippen LogP contribution in [0.1, 0.15) is 78.1 Å². The van der Waals surface area contributed by atoms with Crippen molar-refractivity contribution < 1.29 is 44.2 Å². The first-order chi connectivity index (χ1) is 18.0. The minimum atomic E-state index is -1.24. The van der Waals surface area contributed by atoms with Crippen LogP contribution in [-0.2, 0) is 23.8 Å². The lowest BCUT2D eigenvalue weighted by molar-refractivity contribution is -0.286. The highest BCUT2D eigenvalue weighted by molar-refractivity contribution is 5.85. The molecular formula is C29H42O9. The van der Waals surface area contributed by atoms with Crippen LogP contribution >= 0.6 is 0 Å². The number of hydrogen-bond donors (Lipinski definition) is 4. The second kappa shape index (κ2) is 9.08. The van der Waals surface area contributed by atoms with Gasteiger partial charge in [-0.05, 0) is 81.6 Å². The van der Waals surface area contributed by atoms with E-state index >= 15 is 0 Å². The summed E-state index contributed by atoms with van der Waals surface area (Å²) in [6.45, 7) is 4.13. The predicted octanol–water partition coefficient (Wildman–Crippen LogP) is 1.78. The highest BCUT2D eigenvalue weighted by Gasteiger charge is 2.71. The summed E-state index contributed by atoms with van der Waals surface area (Å²) in [5, 5.41) is 44.6. The minimum Gasteiger partial charge on any atom is -0.458 e. The van der Waals surface area contributed by atoms with Crippen LogP contribution in [-0.4, -0.2) is 81.2 Å². The molecule has 0 aromatic carbocycles. The minimum absolute atomic E-state index is 0.0729. The maximum absolute atomic E-state index is 12.9. The molecule has 0 aromatic heterocycles. The van der Waals surface area contributed by atoms with E-state index in [-0.39, 0.29) is 36.2 Å². The molecule has 5 fully saturated rings. The molecule has 38 heavy (non-hydrogen) atoms. The number of rotatable bonds is 4. The van der Waals surface area contributed by atoms with Crippen LogP contribution in [0.2, 0.25) is 0 Å². The monoisotopic (exact) mass is 534 g/mol. The van der Waals surface area contributed by atoms with Gasteiger partial charge in [0.25, 0.3) is 0 Å². The highest BCUT2D eigenvalue weighted by atomic mass is 16.7. The van der Waals surface area contributed by atoms with Crippen molar-refractivity contribution in [2.24, 2.45) is 28.6 Å². The summed E-state index contributed by atoms with van der Waals surface area (Å²) in [5.41, 5.74) is -2.60. The fraction of sp³-hybridized carbons (Fsp3) is 0.862. The second-order valence-electron chi connectivity index (χ2n) is 13.3. The Morgan fingerprint density at radius 1 is 1.05 bits per heavy atom. The van der Waals surface area contributed by atoms with Gasteiger partial charge in [0.05, 0.1) is 34.9 Å². The second-order valence-corrected chi connectivity index (χ2v) is 13.3. The number of aliphatic hydroxyl groups excluding tert-OH is 2. The molecule has 4 aliphatic carbocycles. The molecule has 2 heterocycles. The molecule has 12 atom stereocenters. The van der Waals surface area contributed by atoms with Gasteiger partial charge in [0.1, 0.15) is 19.0 Å². The topological polar surface area (TPSA) is 143 Å². The number of cyclic esters (lactones) is 1. The Bertz CT molecular complexity index is 1000. The van der Waals surface area contributed by atoms with E-state index in [1.165, 1.54) is 0 Å². The summed E-state index contributed by atoms with van der Waals surface area (Å²) in [5.74, 6) is -0.473. The summed E-state index contributed by atoms with van der Waals surface area (Å²) in [6.07, 6.45) is 4.50. The number of aldehydes is 1. The number of carbonyl (C=O) groups excluding carboxylic acids is 2. The standard InChI is InChI=1S/C29H42O9/c1-16-25(33)22(31)12-24(37-16)38-18-3-8-27(15-30)20-4-7-26(2)19(17-11-23(32)36-14-17)6-10-29(26,35)21(20)5-9-28(27,34)13-18/h11,15-16,18-22,24-25,31,33-35H,3-10,12-14H2,1-2H3/t16-,18+,19-,20+,21-,22+,24+,25+,26-,27-,28+,29+/m1/s1. The van der Waals surface area contributed by atoms with Gasteiger partial charge in [0.15, 0.2) is 6.29 Å². The number of carbonyl (C=O) groups is 2. The Labute approximate surface area is 223 Å². The van der Waals surface area contributed by atoms with Crippen molar-refractivity contribution in [3.63, 3.8) is 0 Å². The SMILES string of the molecule is C[C@H]1O[C@@H](O[C@H]2CC[C@@]3(C=O)[C@H]4CC[C@]5(C)[C@@H](C6=CC(=O)OC6)CC[C@]5(O)[C@@H]4CC[C@]3(O)C2)C[C@H](O)[C@H]1O. The molecule has 6 rings (SSSR count). The first kappa shape index (κ1) is 26.8. The number of fused-ring (bicyclic) bond motifs is 5. The molecule has 6 aliphatic rings. The van der Waals surface area contributed by atoms with E-state index in [1.54, 1.807) is 13.0 Å². The number of hydrogen-bond acceptors (Lipinski definition) is 9. The fourth-order valence-electron chi connectivity index (χ4n) is 9.76. The van der Waals surface area contributed by atoms with Gasteiger partial charge in [-0.15, -0.1) is 0 Å². The molecule has 0 bridgehead atoms. The molecule has 0 radical (unpaired) electrons. The summed E-state index contributed by atoms with van der Waals surface area (Å²) >= 11 is 0. The van der Waals surface area contributed by atoms with Crippen molar-refractivity contribution in [3.8, 4) is 0 Å². The lowest BCUT2D eigenvalue weighted by atomic mass is 9.41. The third kappa shape index (κ3) is 3.65. The van der Waals surface area contributed by atoms with Crippen LogP contribution in [0.25, 0.3) is 0 Å². The average molecular weight is 535 g/mol. The Kier molecular flexibility index (Phi) is 6.41. The van der Waals surface area contributed by atoms with Gasteiger partial charge in [0.2, 0.25) is 0 Å². The van der Waals surface area contributed by atoms with Crippen molar-refractivity contribution in [2.75, 3.05) is 6.61 Å². The van der Waals surface area contributed by atoms with Crippen molar-refractivity contribution >= 4 is 12.3 Å². The maximum atomic E-state index is 12.9. The number of aliphatic hydroxyl groups is 4. The molecule has 0 unspecified atom stereocenters. The average Bonchev–Trinajstić information content (AvgIpc) is 3.41. The van der Waals surface area contributed by atoms with E-state index in [9.17, 15) is 30.0 Å². The third-order valence-corrected chi connectivity index (χ3v) is 11.9. The first-order valence-corrected chi connectivity index (χ1v) is 14.4. The third-order valence-electron chi connectivity index (χ3n) is 11.9. The molecule has 1 saturated heterocycles. The number of esters is 1. The summed E-state index contributed by atoms with van der Waals surface area (Å²) in [4.78, 5) is 24.7. The van der Waals surface area contributed by atoms with Crippen LogP contribution in [0.3, 0.4) is 0 Å². The molecule has 4 N–H and O–H groups in total. The molecule has 0 spiro atoms. The van der Waals surface area contributed by atoms with Gasteiger partial charge in [-0.1, -0.05) is 6.92 Å². The van der Waals surface area contributed by atoms with Crippen LogP contribution in [0.4, 0.5) is 0 Å². The molecule has 4 saturated carbocycles. The van der Waals surface area contributed by atoms with Gasteiger partial charge >= 0.3 is 5.97 Å². The maximum Gasteiger partial charge on any atom is 0.331 e. The van der Waals surface area contributed by atoms with Crippen LogP contribution in [0.5, 0.6) is 0 Å². The summed E-state index contributed by atoms with van der Waals surface area (Å²) in [6, 6.07) is 0. The Balaban J connectivity index is 1.22. The zero-order valence-corrected chi connectivity index (χ0v) is 22.4. The van der Waals surface area contributed by atoms with E-state index in [0.717, 1.165) is 31.1 Å². The van der Waals surface area contributed by atoms with Crippen LogP contribution < -0.4 is 0 Å². The zero-order chi connectivity index (χ0) is 27.1. The van der Waals surface area contributed by atoms with Crippen molar-refractivity contribution in [1.29, 1.82) is 0 Å². The molecule has 9 nitrogen and oxygen atoms in total. The predicted molar refractivity (Wildman–Crippen MR) is 133 cm³/mol. The van der Waals surface area contributed by atoms with Gasteiger partial charge < -0.3 is 39.4 Å². The largest absolute Gasteiger partial charge is 0.458 e. The van der Waals surface area contributed by atoms with E-state index in [1.807, 2.05) is 0 Å². The molecular weight excluding hydrogens is 492 g/mol. The Morgan fingerprint density at radius 3 is 2.50 bits per heavy atom. The van der Waals surface area contributed by atoms with Gasteiger partial charge in [-0.25, -0.2) is 4.79 Å².